The molecule has 0 atom stereocenters. The zero-order valence-electron chi connectivity index (χ0n) is 16.8. The van der Waals surface area contributed by atoms with E-state index >= 15 is 0 Å². The van der Waals surface area contributed by atoms with Crippen molar-refractivity contribution < 1.29 is 36.8 Å². The van der Waals surface area contributed by atoms with E-state index in [2.05, 4.69) is 13.2 Å². The lowest BCUT2D eigenvalue weighted by atomic mass is 10.4. The molecule has 0 fully saturated rings. The molecule has 0 saturated heterocycles. The summed E-state index contributed by atoms with van der Waals surface area (Å²) in [5.41, 5.74) is 0.693. The van der Waals surface area contributed by atoms with Gasteiger partial charge in [0.2, 0.25) is 0 Å². The van der Waals surface area contributed by atoms with Crippen molar-refractivity contribution in [1.29, 1.82) is 0 Å². The van der Waals surface area contributed by atoms with Crippen molar-refractivity contribution >= 4 is 21.0 Å². The van der Waals surface area contributed by atoms with E-state index in [0.29, 0.717) is 37.2 Å². The van der Waals surface area contributed by atoms with E-state index in [4.69, 9.17) is 27.2 Å². The molecule has 27 heavy (non-hydrogen) atoms. The highest BCUT2D eigenvalue weighted by Crippen LogP contribution is 2.13. The van der Waals surface area contributed by atoms with Gasteiger partial charge in [0, 0.05) is 50.4 Å². The summed E-state index contributed by atoms with van der Waals surface area (Å²) in [6.07, 6.45) is 0.932. The van der Waals surface area contributed by atoms with Crippen LogP contribution in [0.15, 0.2) is 24.3 Å². The van der Waals surface area contributed by atoms with Crippen molar-refractivity contribution in [2.75, 3.05) is 39.6 Å². The third-order valence-corrected chi connectivity index (χ3v) is 5.34. The first kappa shape index (κ1) is 25.5. The van der Waals surface area contributed by atoms with Crippen LogP contribution >= 0.6 is 0 Å². The molecule has 0 bridgehead atoms. The molecule has 0 N–H and O–H groups in total. The maximum atomic E-state index is 11.3. The van der Waals surface area contributed by atoms with Crippen molar-refractivity contribution in [3.63, 3.8) is 0 Å². The van der Waals surface area contributed by atoms with Gasteiger partial charge < -0.3 is 27.2 Å². The fourth-order valence-corrected chi connectivity index (χ4v) is 3.69. The van der Waals surface area contributed by atoms with Crippen molar-refractivity contribution in [3.8, 4) is 0 Å². The smallest absolute Gasteiger partial charge is 0.462 e. The molecule has 0 aliphatic rings. The molecule has 0 aromatic heterocycles. The molecule has 0 heterocycles. The third kappa shape index (κ3) is 11.7. The molecule has 0 radical (unpaired) electrons. The Morgan fingerprint density at radius 3 is 1.37 bits per heavy atom. The van der Waals surface area contributed by atoms with Gasteiger partial charge in [-0.2, -0.15) is 0 Å². The van der Waals surface area contributed by atoms with Crippen LogP contribution in [0.1, 0.15) is 40.5 Å². The van der Waals surface area contributed by atoms with E-state index in [1.54, 1.807) is 13.8 Å². The minimum atomic E-state index is -3.31. The first-order chi connectivity index (χ1) is 12.8. The Balaban J connectivity index is 4.37. The van der Waals surface area contributed by atoms with Crippen LogP contribution in [0.25, 0.3) is 0 Å². The van der Waals surface area contributed by atoms with E-state index in [1.165, 1.54) is 0 Å². The lowest BCUT2D eigenvalue weighted by molar-refractivity contribution is -0.140. The molecule has 0 rings (SSSR count). The molecular weight excluding hydrogens is 372 g/mol. The molecule has 0 spiro atoms. The Bertz CT molecular complexity index is 448. The minimum Gasteiger partial charge on any atom is -0.462 e. The van der Waals surface area contributed by atoms with Gasteiger partial charge in [0.25, 0.3) is 0 Å². The average molecular weight is 405 g/mol. The van der Waals surface area contributed by atoms with E-state index in [9.17, 15) is 9.59 Å². The molecular formula is C18H32O8Si. The van der Waals surface area contributed by atoms with Crippen LogP contribution < -0.4 is 0 Å². The lowest BCUT2D eigenvalue weighted by Crippen LogP contribution is -2.50. The van der Waals surface area contributed by atoms with E-state index < -0.39 is 21.0 Å². The van der Waals surface area contributed by atoms with E-state index in [1.807, 2.05) is 13.8 Å². The Morgan fingerprint density at radius 1 is 0.704 bits per heavy atom. The van der Waals surface area contributed by atoms with E-state index in [-0.39, 0.29) is 26.4 Å². The van der Waals surface area contributed by atoms with Crippen LogP contribution in [0.2, 0.25) is 0 Å². The number of carbonyl (C=O) groups is 2. The topological polar surface area (TPSA) is 89.5 Å². The van der Waals surface area contributed by atoms with Crippen molar-refractivity contribution in [2.45, 2.75) is 40.5 Å². The molecule has 0 amide bonds. The normalized spacial score (nSPS) is 11.1. The summed E-state index contributed by atoms with van der Waals surface area (Å²) in [5, 5.41) is 0. The fraction of sp³-hybridized carbons (Fsp3) is 0.667. The summed E-state index contributed by atoms with van der Waals surface area (Å²) < 4.78 is 32.8. The number of hydrogen-bond acceptors (Lipinski definition) is 8. The maximum absolute atomic E-state index is 11.3. The van der Waals surface area contributed by atoms with Crippen molar-refractivity contribution in [1.82, 2.24) is 0 Å². The zero-order valence-corrected chi connectivity index (χ0v) is 17.8. The van der Waals surface area contributed by atoms with Gasteiger partial charge in [-0.1, -0.05) is 13.2 Å². The van der Waals surface area contributed by atoms with Crippen molar-refractivity contribution in [3.05, 3.63) is 24.3 Å². The van der Waals surface area contributed by atoms with Gasteiger partial charge in [0.15, 0.2) is 0 Å². The van der Waals surface area contributed by atoms with Gasteiger partial charge >= 0.3 is 21.0 Å². The highest BCUT2D eigenvalue weighted by Gasteiger charge is 2.45. The van der Waals surface area contributed by atoms with Crippen LogP contribution in [0.4, 0.5) is 0 Å². The Labute approximate surface area is 162 Å². The van der Waals surface area contributed by atoms with Gasteiger partial charge in [0.05, 0.1) is 13.2 Å². The van der Waals surface area contributed by atoms with Crippen LogP contribution in [-0.2, 0) is 36.8 Å². The van der Waals surface area contributed by atoms with Crippen LogP contribution in [-0.4, -0.2) is 60.6 Å². The number of hydrogen-bond donors (Lipinski definition) is 0. The fourth-order valence-electron chi connectivity index (χ4n) is 1.69. The molecule has 8 nitrogen and oxygen atoms in total. The summed E-state index contributed by atoms with van der Waals surface area (Å²) in [4.78, 5) is 22.7. The minimum absolute atomic E-state index is 0.200. The summed E-state index contributed by atoms with van der Waals surface area (Å²) in [5.74, 6) is -0.873. The quantitative estimate of drug-likeness (QED) is 0.168. The number of ether oxygens (including phenoxy) is 2. The highest BCUT2D eigenvalue weighted by atomic mass is 28.4. The summed E-state index contributed by atoms with van der Waals surface area (Å²) in [6, 6.07) is 0. The SMILES string of the molecule is C=C(C)C(=O)OCCCO[Si](OCC)(OCC)OCCCOC(=O)C(=C)C. The van der Waals surface area contributed by atoms with Gasteiger partial charge in [-0.15, -0.1) is 0 Å². The number of carbonyl (C=O) groups excluding carboxylic acids is 2. The zero-order chi connectivity index (χ0) is 20.7. The second-order valence-electron chi connectivity index (χ2n) is 5.60. The van der Waals surface area contributed by atoms with Gasteiger partial charge in [0.1, 0.15) is 0 Å². The van der Waals surface area contributed by atoms with Crippen LogP contribution in [0.5, 0.6) is 0 Å². The Morgan fingerprint density at radius 2 is 1.07 bits per heavy atom. The average Bonchev–Trinajstić information content (AvgIpc) is 2.61. The molecule has 0 aromatic rings. The summed E-state index contributed by atoms with van der Waals surface area (Å²) in [6.45, 7) is 15.5. The second kappa shape index (κ2) is 14.5. The molecule has 156 valence electrons. The maximum Gasteiger partial charge on any atom is 0.679 e. The third-order valence-electron chi connectivity index (χ3n) is 2.94. The highest BCUT2D eigenvalue weighted by molar-refractivity contribution is 6.53. The molecule has 0 unspecified atom stereocenters. The predicted octanol–water partition coefficient (Wildman–Crippen LogP) is 2.55. The summed E-state index contributed by atoms with van der Waals surface area (Å²) >= 11 is 0. The predicted molar refractivity (Wildman–Crippen MR) is 102 cm³/mol. The molecule has 0 aromatic carbocycles. The molecule has 0 aliphatic heterocycles. The van der Waals surface area contributed by atoms with E-state index in [0.717, 1.165) is 0 Å². The van der Waals surface area contributed by atoms with Crippen LogP contribution in [0, 0.1) is 0 Å². The van der Waals surface area contributed by atoms with Crippen LogP contribution in [0.3, 0.4) is 0 Å². The molecule has 0 saturated carbocycles. The lowest BCUT2D eigenvalue weighted by Gasteiger charge is -2.27. The first-order valence-corrected chi connectivity index (χ1v) is 10.6. The number of esters is 2. The first-order valence-electron chi connectivity index (χ1n) is 8.99. The van der Waals surface area contributed by atoms with Gasteiger partial charge in [-0.3, -0.25) is 0 Å². The second-order valence-corrected chi connectivity index (χ2v) is 7.76. The van der Waals surface area contributed by atoms with Crippen molar-refractivity contribution in [2.24, 2.45) is 0 Å². The standard InChI is InChI=1S/C18H32O8Si/c1-7-23-27(24-8-2,25-13-9-11-21-17(19)15(3)4)26-14-10-12-22-18(20)16(5)6/h3,5,7-14H2,1-2,4,6H3. The Kier molecular flexibility index (Phi) is 13.7. The monoisotopic (exact) mass is 404 g/mol. The number of rotatable bonds is 16. The van der Waals surface area contributed by atoms with Gasteiger partial charge in [-0.05, 0) is 27.7 Å². The molecule has 9 heteroatoms. The largest absolute Gasteiger partial charge is 0.679 e. The Hall–Kier alpha value is -1.52. The summed E-state index contributed by atoms with van der Waals surface area (Å²) in [7, 11) is -3.31. The molecule has 0 aliphatic carbocycles. The van der Waals surface area contributed by atoms with Gasteiger partial charge in [-0.25, -0.2) is 9.59 Å².